The van der Waals surface area contributed by atoms with E-state index in [1.165, 1.54) is 24.3 Å². The van der Waals surface area contributed by atoms with E-state index in [1.807, 2.05) is 24.3 Å². The first-order valence-corrected chi connectivity index (χ1v) is 9.71. The van der Waals surface area contributed by atoms with Gasteiger partial charge in [-0.3, -0.25) is 9.59 Å². The number of piperidine rings is 1. The molecule has 1 N–H and O–H groups in total. The molecule has 0 saturated carbocycles. The Morgan fingerprint density at radius 3 is 2.43 bits per heavy atom. The molecular formula is C23H27FN2O2. The average molecular weight is 382 g/mol. The largest absolute Gasteiger partial charge is 0.338 e. The minimum absolute atomic E-state index is 0.0618. The van der Waals surface area contributed by atoms with Crippen molar-refractivity contribution in [2.75, 3.05) is 18.4 Å². The number of halogens is 1. The second kappa shape index (κ2) is 8.13. The van der Waals surface area contributed by atoms with Crippen molar-refractivity contribution in [1.29, 1.82) is 0 Å². The van der Waals surface area contributed by atoms with Crippen LogP contribution in [0.25, 0.3) is 0 Å². The summed E-state index contributed by atoms with van der Waals surface area (Å²) in [6, 6.07) is 13.4. The Balaban J connectivity index is 1.70. The van der Waals surface area contributed by atoms with E-state index in [4.69, 9.17) is 0 Å². The molecule has 2 aromatic carbocycles. The number of anilines is 1. The summed E-state index contributed by atoms with van der Waals surface area (Å²) in [7, 11) is 0. The lowest BCUT2D eigenvalue weighted by Gasteiger charge is -2.32. The zero-order valence-corrected chi connectivity index (χ0v) is 16.7. The Hall–Kier alpha value is -2.69. The molecule has 0 spiro atoms. The second-order valence-corrected chi connectivity index (χ2v) is 8.38. The molecule has 4 nitrogen and oxygen atoms in total. The van der Waals surface area contributed by atoms with Crippen LogP contribution in [0.1, 0.15) is 49.5 Å². The van der Waals surface area contributed by atoms with Crippen molar-refractivity contribution in [1.82, 2.24) is 4.90 Å². The van der Waals surface area contributed by atoms with Crippen LogP contribution < -0.4 is 5.32 Å². The maximum absolute atomic E-state index is 13.1. The fourth-order valence-electron chi connectivity index (χ4n) is 3.63. The molecule has 1 heterocycles. The van der Waals surface area contributed by atoms with E-state index in [9.17, 15) is 14.0 Å². The van der Waals surface area contributed by atoms with Gasteiger partial charge in [-0.25, -0.2) is 4.39 Å². The molecule has 148 valence electrons. The van der Waals surface area contributed by atoms with E-state index < -0.39 is 0 Å². The Kier molecular flexibility index (Phi) is 5.82. The predicted molar refractivity (Wildman–Crippen MR) is 109 cm³/mol. The van der Waals surface area contributed by atoms with Crippen LogP contribution in [0.4, 0.5) is 10.1 Å². The number of hydrogen-bond acceptors (Lipinski definition) is 2. The van der Waals surface area contributed by atoms with Gasteiger partial charge < -0.3 is 10.2 Å². The third-order valence-corrected chi connectivity index (χ3v) is 5.16. The van der Waals surface area contributed by atoms with Gasteiger partial charge >= 0.3 is 0 Å². The summed E-state index contributed by atoms with van der Waals surface area (Å²) >= 11 is 0. The predicted octanol–water partition coefficient (Wildman–Crippen LogP) is 4.61. The van der Waals surface area contributed by atoms with Crippen molar-refractivity contribution in [2.45, 2.75) is 39.0 Å². The third kappa shape index (κ3) is 4.58. The molecule has 5 heteroatoms. The Bertz CT molecular complexity index is 856. The lowest BCUT2D eigenvalue weighted by atomic mass is 9.85. The highest BCUT2D eigenvalue weighted by molar-refractivity contribution is 5.96. The summed E-state index contributed by atoms with van der Waals surface area (Å²) in [4.78, 5) is 27.3. The van der Waals surface area contributed by atoms with E-state index in [0.29, 0.717) is 18.7 Å². The zero-order chi connectivity index (χ0) is 20.3. The number of nitrogens with zero attached hydrogens (tertiary/aromatic N) is 1. The van der Waals surface area contributed by atoms with Gasteiger partial charge in [0.1, 0.15) is 5.82 Å². The van der Waals surface area contributed by atoms with Crippen molar-refractivity contribution in [2.24, 2.45) is 5.92 Å². The van der Waals surface area contributed by atoms with Gasteiger partial charge in [0.05, 0.1) is 5.92 Å². The number of likely N-dealkylation sites (tertiary alicyclic amines) is 1. The summed E-state index contributed by atoms with van der Waals surface area (Å²) in [5.74, 6) is -0.850. The Labute approximate surface area is 165 Å². The highest BCUT2D eigenvalue weighted by Gasteiger charge is 2.30. The van der Waals surface area contributed by atoms with E-state index in [1.54, 1.807) is 4.90 Å². The van der Waals surface area contributed by atoms with Crippen molar-refractivity contribution < 1.29 is 14.0 Å². The maximum Gasteiger partial charge on any atom is 0.253 e. The summed E-state index contributed by atoms with van der Waals surface area (Å²) in [6.45, 7) is 7.32. The number of carbonyl (C=O) groups is 2. The molecule has 28 heavy (non-hydrogen) atoms. The minimum Gasteiger partial charge on any atom is -0.338 e. The summed E-state index contributed by atoms with van der Waals surface area (Å²) < 4.78 is 13.1. The molecular weight excluding hydrogens is 355 g/mol. The van der Waals surface area contributed by atoms with Crippen molar-refractivity contribution in [3.8, 4) is 0 Å². The van der Waals surface area contributed by atoms with Crippen LogP contribution in [0.3, 0.4) is 0 Å². The van der Waals surface area contributed by atoms with E-state index in [-0.39, 0.29) is 29.0 Å². The quantitative estimate of drug-likeness (QED) is 0.842. The molecule has 1 aliphatic heterocycles. The van der Waals surface area contributed by atoms with Crippen LogP contribution in [0, 0.1) is 11.7 Å². The van der Waals surface area contributed by atoms with Crippen LogP contribution in [-0.4, -0.2) is 29.8 Å². The minimum atomic E-state index is -0.370. The Morgan fingerprint density at radius 1 is 1.07 bits per heavy atom. The molecule has 3 rings (SSSR count). The van der Waals surface area contributed by atoms with Gasteiger partial charge in [0.2, 0.25) is 5.91 Å². The van der Waals surface area contributed by atoms with E-state index >= 15 is 0 Å². The standard InChI is InChI=1S/C23H27FN2O2/c1-23(2,3)19-8-4-5-9-20(19)25-21(27)17-7-6-14-26(15-17)22(28)16-10-12-18(24)13-11-16/h4-5,8-13,17H,6-7,14-15H2,1-3H3,(H,25,27). The first-order valence-electron chi connectivity index (χ1n) is 9.71. The fraction of sp³-hybridized carbons (Fsp3) is 0.391. The van der Waals surface area contributed by atoms with E-state index in [2.05, 4.69) is 26.1 Å². The molecule has 0 radical (unpaired) electrons. The van der Waals surface area contributed by atoms with Crippen LogP contribution in [0.5, 0.6) is 0 Å². The SMILES string of the molecule is CC(C)(C)c1ccccc1NC(=O)C1CCCN(C(=O)c2ccc(F)cc2)C1. The number of amides is 2. The Morgan fingerprint density at radius 2 is 1.75 bits per heavy atom. The van der Waals surface area contributed by atoms with Gasteiger partial charge in [-0.15, -0.1) is 0 Å². The fourth-order valence-corrected chi connectivity index (χ4v) is 3.63. The topological polar surface area (TPSA) is 49.4 Å². The first kappa shape index (κ1) is 20.1. The normalized spacial score (nSPS) is 17.3. The number of para-hydroxylation sites is 1. The first-order chi connectivity index (χ1) is 13.3. The van der Waals surface area contributed by atoms with Gasteiger partial charge in [-0.05, 0) is 54.2 Å². The van der Waals surface area contributed by atoms with Crippen LogP contribution >= 0.6 is 0 Å². The lowest BCUT2D eigenvalue weighted by Crippen LogP contribution is -2.43. The van der Waals surface area contributed by atoms with Gasteiger partial charge in [-0.2, -0.15) is 0 Å². The molecule has 1 atom stereocenters. The zero-order valence-electron chi connectivity index (χ0n) is 16.7. The molecule has 0 aromatic heterocycles. The molecule has 1 fully saturated rings. The van der Waals surface area contributed by atoms with Crippen molar-refractivity contribution in [3.63, 3.8) is 0 Å². The van der Waals surface area contributed by atoms with Crippen LogP contribution in [0.2, 0.25) is 0 Å². The van der Waals surface area contributed by atoms with Gasteiger partial charge in [0.15, 0.2) is 0 Å². The van der Waals surface area contributed by atoms with Crippen molar-refractivity contribution >= 4 is 17.5 Å². The molecule has 2 amide bonds. The van der Waals surface area contributed by atoms with Crippen LogP contribution in [0.15, 0.2) is 48.5 Å². The number of rotatable bonds is 3. The molecule has 1 saturated heterocycles. The van der Waals surface area contributed by atoms with Crippen molar-refractivity contribution in [3.05, 3.63) is 65.5 Å². The molecule has 0 aliphatic carbocycles. The second-order valence-electron chi connectivity index (χ2n) is 8.38. The summed E-state index contributed by atoms with van der Waals surface area (Å²) in [5, 5.41) is 3.07. The highest BCUT2D eigenvalue weighted by Crippen LogP contribution is 2.30. The highest BCUT2D eigenvalue weighted by atomic mass is 19.1. The molecule has 0 bridgehead atoms. The smallest absolute Gasteiger partial charge is 0.253 e. The van der Waals surface area contributed by atoms with Gasteiger partial charge in [-0.1, -0.05) is 39.0 Å². The monoisotopic (exact) mass is 382 g/mol. The molecule has 1 unspecified atom stereocenters. The number of hydrogen-bond donors (Lipinski definition) is 1. The lowest BCUT2D eigenvalue weighted by molar-refractivity contribution is -0.121. The molecule has 1 aliphatic rings. The summed E-state index contributed by atoms with van der Waals surface area (Å²) in [6.07, 6.45) is 1.52. The maximum atomic E-state index is 13.1. The number of nitrogens with one attached hydrogen (secondary N) is 1. The van der Waals surface area contributed by atoms with Gasteiger partial charge in [0.25, 0.3) is 5.91 Å². The average Bonchev–Trinajstić information content (AvgIpc) is 2.68. The third-order valence-electron chi connectivity index (χ3n) is 5.16. The van der Waals surface area contributed by atoms with E-state index in [0.717, 1.165) is 24.1 Å². The van der Waals surface area contributed by atoms with Gasteiger partial charge in [0, 0.05) is 24.3 Å². The van der Waals surface area contributed by atoms with Crippen LogP contribution in [-0.2, 0) is 10.2 Å². The summed E-state index contributed by atoms with van der Waals surface area (Å²) in [5.41, 5.74) is 2.27. The number of carbonyl (C=O) groups excluding carboxylic acids is 2. The molecule has 2 aromatic rings. The number of benzene rings is 2.